The van der Waals surface area contributed by atoms with Gasteiger partial charge in [-0.15, -0.1) is 0 Å². The Hall–Kier alpha value is -1.71. The molecule has 1 aromatic rings. The molecule has 3 atom stereocenters. The van der Waals surface area contributed by atoms with Crippen molar-refractivity contribution in [3.63, 3.8) is 0 Å². The summed E-state index contributed by atoms with van der Waals surface area (Å²) < 4.78 is 0. The van der Waals surface area contributed by atoms with Gasteiger partial charge >= 0.3 is 0 Å². The molecule has 2 rings (SSSR count). The van der Waals surface area contributed by atoms with Crippen molar-refractivity contribution < 1.29 is 15.0 Å². The first kappa shape index (κ1) is 13.7. The van der Waals surface area contributed by atoms with E-state index in [0.717, 1.165) is 12.8 Å². The quantitative estimate of drug-likeness (QED) is 0.768. The number of carbonyl (C=O) groups excluding carboxylic acids is 1. The van der Waals surface area contributed by atoms with Crippen molar-refractivity contribution in [3.8, 4) is 11.5 Å². The van der Waals surface area contributed by atoms with E-state index in [1.807, 2.05) is 0 Å². The Morgan fingerprint density at radius 3 is 2.47 bits per heavy atom. The lowest BCUT2D eigenvalue weighted by molar-refractivity contribution is 0.0885. The average molecular weight is 263 g/mol. The van der Waals surface area contributed by atoms with E-state index in [1.54, 1.807) is 0 Å². The maximum Gasteiger partial charge on any atom is 0.259 e. The predicted octanol–water partition coefficient (Wildman–Crippen LogP) is 2.65. The Labute approximate surface area is 113 Å². The number of amides is 1. The Bertz CT molecular complexity index is 452. The fourth-order valence-corrected chi connectivity index (χ4v) is 2.79. The topological polar surface area (TPSA) is 69.6 Å². The van der Waals surface area contributed by atoms with Crippen LogP contribution in [0.15, 0.2) is 18.2 Å². The van der Waals surface area contributed by atoms with Gasteiger partial charge < -0.3 is 15.5 Å². The van der Waals surface area contributed by atoms with Gasteiger partial charge in [0, 0.05) is 6.04 Å². The van der Waals surface area contributed by atoms with Crippen LogP contribution in [0.1, 0.15) is 43.5 Å². The highest BCUT2D eigenvalue weighted by Gasteiger charge is 2.29. The molecule has 0 radical (unpaired) electrons. The normalized spacial score (nSPS) is 26.9. The number of rotatable bonds is 2. The Balaban J connectivity index is 2.13. The van der Waals surface area contributed by atoms with Crippen LogP contribution in [0, 0.1) is 11.8 Å². The second-order valence-electron chi connectivity index (χ2n) is 5.52. The van der Waals surface area contributed by atoms with Gasteiger partial charge in [0.2, 0.25) is 0 Å². The van der Waals surface area contributed by atoms with Crippen molar-refractivity contribution >= 4 is 5.91 Å². The lowest BCUT2D eigenvalue weighted by atomic mass is 9.78. The van der Waals surface area contributed by atoms with Crippen LogP contribution < -0.4 is 5.32 Å². The molecule has 3 unspecified atom stereocenters. The average Bonchev–Trinajstić information content (AvgIpc) is 2.35. The molecule has 0 saturated heterocycles. The van der Waals surface area contributed by atoms with E-state index in [1.165, 1.54) is 24.6 Å². The van der Waals surface area contributed by atoms with Crippen molar-refractivity contribution in [1.29, 1.82) is 0 Å². The summed E-state index contributed by atoms with van der Waals surface area (Å²) in [6.07, 6.45) is 3.24. The summed E-state index contributed by atoms with van der Waals surface area (Å²) >= 11 is 0. The summed E-state index contributed by atoms with van der Waals surface area (Å²) in [6, 6.07) is 4.42. The summed E-state index contributed by atoms with van der Waals surface area (Å²) in [5.74, 6) is 0.215. The molecular formula is C15H21NO3. The molecule has 104 valence electrons. The molecule has 3 N–H and O–H groups in total. The molecule has 1 amide bonds. The van der Waals surface area contributed by atoms with E-state index in [9.17, 15) is 15.0 Å². The van der Waals surface area contributed by atoms with Crippen LogP contribution >= 0.6 is 0 Å². The third-order valence-electron chi connectivity index (χ3n) is 4.27. The molecule has 0 heterocycles. The molecule has 1 saturated carbocycles. The van der Waals surface area contributed by atoms with E-state index >= 15 is 0 Å². The number of phenolic OH excluding ortho intramolecular Hbond substituents is 2. The molecule has 1 aromatic carbocycles. The SMILES string of the molecule is CC1CCCC(NC(=O)c2c(O)cccc2O)C1C. The number of nitrogens with one attached hydrogen (secondary N) is 1. The Morgan fingerprint density at radius 2 is 1.84 bits per heavy atom. The van der Waals surface area contributed by atoms with Crippen LogP contribution in [0.25, 0.3) is 0 Å². The van der Waals surface area contributed by atoms with Gasteiger partial charge in [-0.1, -0.05) is 32.8 Å². The molecule has 0 aromatic heterocycles. The van der Waals surface area contributed by atoms with Gasteiger partial charge in [0.1, 0.15) is 17.1 Å². The number of phenols is 2. The second-order valence-corrected chi connectivity index (χ2v) is 5.52. The predicted molar refractivity (Wildman–Crippen MR) is 73.2 cm³/mol. The molecule has 19 heavy (non-hydrogen) atoms. The highest BCUT2D eigenvalue weighted by molar-refractivity contribution is 5.99. The second kappa shape index (κ2) is 5.51. The van der Waals surface area contributed by atoms with Crippen LogP contribution in [0.5, 0.6) is 11.5 Å². The third kappa shape index (κ3) is 2.83. The minimum atomic E-state index is -0.401. The zero-order valence-electron chi connectivity index (χ0n) is 11.4. The summed E-state index contributed by atoms with van der Waals surface area (Å²) in [6.45, 7) is 4.33. The number of hydrogen-bond donors (Lipinski definition) is 3. The van der Waals surface area contributed by atoms with Crippen molar-refractivity contribution in [2.24, 2.45) is 11.8 Å². The van der Waals surface area contributed by atoms with Gasteiger partial charge in [-0.05, 0) is 30.4 Å². The van der Waals surface area contributed by atoms with E-state index in [4.69, 9.17) is 0 Å². The van der Waals surface area contributed by atoms with Crippen LogP contribution in [-0.2, 0) is 0 Å². The first-order valence-electron chi connectivity index (χ1n) is 6.82. The molecule has 0 aliphatic heterocycles. The summed E-state index contributed by atoms with van der Waals surface area (Å²) in [7, 11) is 0. The molecule has 1 aliphatic rings. The maximum absolute atomic E-state index is 12.2. The van der Waals surface area contributed by atoms with Crippen LogP contribution in [0.2, 0.25) is 0 Å². The number of carbonyl (C=O) groups is 1. The zero-order chi connectivity index (χ0) is 14.0. The summed E-state index contributed by atoms with van der Waals surface area (Å²) in [4.78, 5) is 12.2. The molecule has 0 bridgehead atoms. The Morgan fingerprint density at radius 1 is 1.21 bits per heavy atom. The van der Waals surface area contributed by atoms with Crippen LogP contribution in [0.3, 0.4) is 0 Å². The van der Waals surface area contributed by atoms with Crippen molar-refractivity contribution in [2.45, 2.75) is 39.2 Å². The van der Waals surface area contributed by atoms with Gasteiger partial charge in [-0.3, -0.25) is 4.79 Å². The fraction of sp³-hybridized carbons (Fsp3) is 0.533. The van der Waals surface area contributed by atoms with Gasteiger partial charge in [0.05, 0.1) is 0 Å². The molecule has 1 fully saturated rings. The molecular weight excluding hydrogens is 242 g/mol. The van der Waals surface area contributed by atoms with Gasteiger partial charge in [0.15, 0.2) is 0 Å². The summed E-state index contributed by atoms with van der Waals surface area (Å²) in [5.41, 5.74) is -0.0343. The molecule has 0 spiro atoms. The molecule has 1 aliphatic carbocycles. The van der Waals surface area contributed by atoms with Crippen LogP contribution in [-0.4, -0.2) is 22.2 Å². The number of benzene rings is 1. The molecule has 4 nitrogen and oxygen atoms in total. The highest BCUT2D eigenvalue weighted by atomic mass is 16.3. The van der Waals surface area contributed by atoms with E-state index in [0.29, 0.717) is 11.8 Å². The van der Waals surface area contributed by atoms with Gasteiger partial charge in [-0.25, -0.2) is 0 Å². The lowest BCUT2D eigenvalue weighted by Crippen LogP contribution is -2.43. The van der Waals surface area contributed by atoms with Crippen molar-refractivity contribution in [3.05, 3.63) is 23.8 Å². The van der Waals surface area contributed by atoms with Crippen molar-refractivity contribution in [2.75, 3.05) is 0 Å². The Kier molecular flexibility index (Phi) is 3.98. The summed E-state index contributed by atoms with van der Waals surface area (Å²) in [5, 5.41) is 22.3. The number of hydrogen-bond acceptors (Lipinski definition) is 3. The third-order valence-corrected chi connectivity index (χ3v) is 4.27. The first-order valence-corrected chi connectivity index (χ1v) is 6.82. The lowest BCUT2D eigenvalue weighted by Gasteiger charge is -2.34. The maximum atomic E-state index is 12.2. The van der Waals surface area contributed by atoms with Crippen molar-refractivity contribution in [1.82, 2.24) is 5.32 Å². The van der Waals surface area contributed by atoms with Gasteiger partial charge in [-0.2, -0.15) is 0 Å². The molecule has 4 heteroatoms. The van der Waals surface area contributed by atoms with E-state index < -0.39 is 5.91 Å². The zero-order valence-corrected chi connectivity index (χ0v) is 11.4. The highest BCUT2D eigenvalue weighted by Crippen LogP contribution is 2.31. The standard InChI is InChI=1S/C15H21NO3/c1-9-5-3-6-11(10(9)2)16-15(19)14-12(17)7-4-8-13(14)18/h4,7-11,17-18H,3,5-6H2,1-2H3,(H,16,19). The van der Waals surface area contributed by atoms with Gasteiger partial charge in [0.25, 0.3) is 5.91 Å². The first-order chi connectivity index (χ1) is 9.00. The largest absolute Gasteiger partial charge is 0.507 e. The van der Waals surface area contributed by atoms with E-state index in [-0.39, 0.29) is 23.1 Å². The fourth-order valence-electron chi connectivity index (χ4n) is 2.79. The minimum Gasteiger partial charge on any atom is -0.507 e. The minimum absolute atomic E-state index is 0.0343. The van der Waals surface area contributed by atoms with Crippen LogP contribution in [0.4, 0.5) is 0 Å². The smallest absolute Gasteiger partial charge is 0.259 e. The monoisotopic (exact) mass is 263 g/mol. The van der Waals surface area contributed by atoms with E-state index in [2.05, 4.69) is 19.2 Å². The number of aromatic hydroxyl groups is 2.